The topological polar surface area (TPSA) is 75.7 Å². The van der Waals surface area contributed by atoms with Gasteiger partial charge >= 0.3 is 0 Å². The summed E-state index contributed by atoms with van der Waals surface area (Å²) in [6.07, 6.45) is 0.281. The van der Waals surface area contributed by atoms with E-state index in [1.807, 2.05) is 6.92 Å². The van der Waals surface area contributed by atoms with E-state index in [0.29, 0.717) is 13.0 Å². The van der Waals surface area contributed by atoms with Crippen LogP contribution in [0.3, 0.4) is 0 Å². The van der Waals surface area contributed by atoms with Crippen LogP contribution in [0.1, 0.15) is 12.0 Å². The molecule has 22 heavy (non-hydrogen) atoms. The highest BCUT2D eigenvalue weighted by atomic mass is 32.2. The minimum Gasteiger partial charge on any atom is -0.376 e. The summed E-state index contributed by atoms with van der Waals surface area (Å²) in [5.74, 6) is -0.615. The predicted molar refractivity (Wildman–Crippen MR) is 80.8 cm³/mol. The first kappa shape index (κ1) is 15.5. The number of sulfonamides is 1. The summed E-state index contributed by atoms with van der Waals surface area (Å²) in [7, 11) is -2.05. The van der Waals surface area contributed by atoms with Crippen molar-refractivity contribution in [3.63, 3.8) is 0 Å². The molecule has 120 valence electrons. The molecule has 0 bridgehead atoms. The molecule has 0 saturated carbocycles. The molecule has 0 unspecified atom stereocenters. The molecular formula is C15H20N2O4S. The van der Waals surface area contributed by atoms with Crippen LogP contribution in [-0.2, 0) is 19.6 Å². The Hall–Kier alpha value is -1.44. The van der Waals surface area contributed by atoms with Gasteiger partial charge in [0.05, 0.1) is 23.0 Å². The van der Waals surface area contributed by atoms with Crippen LogP contribution in [0.25, 0.3) is 0 Å². The van der Waals surface area contributed by atoms with E-state index in [1.165, 1.54) is 4.31 Å². The van der Waals surface area contributed by atoms with Gasteiger partial charge in [-0.3, -0.25) is 4.79 Å². The monoisotopic (exact) mass is 324 g/mol. The molecule has 1 amide bonds. The second-order valence-corrected chi connectivity index (χ2v) is 7.69. The molecule has 2 aliphatic rings. The van der Waals surface area contributed by atoms with Gasteiger partial charge in [-0.05, 0) is 25.5 Å². The Bertz CT molecular complexity index is 671. The second-order valence-electron chi connectivity index (χ2n) is 5.80. The van der Waals surface area contributed by atoms with Crippen LogP contribution in [0.4, 0.5) is 0 Å². The van der Waals surface area contributed by atoms with Gasteiger partial charge in [0.15, 0.2) is 0 Å². The molecule has 0 aliphatic carbocycles. The number of benzene rings is 1. The molecule has 0 radical (unpaired) electrons. The maximum Gasteiger partial charge on any atom is 0.243 e. The molecule has 1 N–H and O–H groups in total. The number of rotatable bonds is 3. The van der Waals surface area contributed by atoms with Gasteiger partial charge in [0.1, 0.15) is 0 Å². The first-order valence-electron chi connectivity index (χ1n) is 7.37. The predicted octanol–water partition coefficient (Wildman–Crippen LogP) is 0.519. The Balaban J connectivity index is 1.93. The molecule has 1 aromatic rings. The Morgan fingerprint density at radius 2 is 2.00 bits per heavy atom. The summed E-state index contributed by atoms with van der Waals surface area (Å²) in [5, 5.41) is 2.60. The lowest BCUT2D eigenvalue weighted by molar-refractivity contribution is -0.127. The SMILES string of the molecule is CNC(=O)[C@H]1CN(S(=O)(=O)c2ccc(C)cc2)[C@@H]2CCO[C@H]12. The summed E-state index contributed by atoms with van der Waals surface area (Å²) >= 11 is 0. The molecule has 2 fully saturated rings. The first-order chi connectivity index (χ1) is 10.4. The number of ether oxygens (including phenoxy) is 1. The van der Waals surface area contributed by atoms with E-state index in [9.17, 15) is 13.2 Å². The van der Waals surface area contributed by atoms with Crippen LogP contribution in [0, 0.1) is 12.8 Å². The molecule has 2 heterocycles. The molecule has 0 aromatic heterocycles. The van der Waals surface area contributed by atoms with Crippen LogP contribution in [-0.4, -0.2) is 51.0 Å². The van der Waals surface area contributed by atoms with Gasteiger partial charge in [-0.15, -0.1) is 0 Å². The fourth-order valence-corrected chi connectivity index (χ4v) is 4.95. The Morgan fingerprint density at radius 3 is 2.64 bits per heavy atom. The van der Waals surface area contributed by atoms with Gasteiger partial charge in [-0.1, -0.05) is 17.7 Å². The zero-order valence-corrected chi connectivity index (χ0v) is 13.5. The molecule has 6 nitrogen and oxygen atoms in total. The van der Waals surface area contributed by atoms with Crippen LogP contribution >= 0.6 is 0 Å². The first-order valence-corrected chi connectivity index (χ1v) is 8.81. The average Bonchev–Trinajstić information content (AvgIpc) is 3.08. The van der Waals surface area contributed by atoms with E-state index >= 15 is 0 Å². The quantitative estimate of drug-likeness (QED) is 0.879. The fourth-order valence-electron chi connectivity index (χ4n) is 3.27. The lowest BCUT2D eigenvalue weighted by atomic mass is 10.0. The van der Waals surface area contributed by atoms with Crippen LogP contribution in [0.2, 0.25) is 0 Å². The highest BCUT2D eigenvalue weighted by Gasteiger charge is 2.52. The lowest BCUT2D eigenvalue weighted by Crippen LogP contribution is -2.37. The van der Waals surface area contributed by atoms with E-state index in [0.717, 1.165) is 5.56 Å². The van der Waals surface area contributed by atoms with Gasteiger partial charge < -0.3 is 10.1 Å². The molecule has 3 rings (SSSR count). The number of carbonyl (C=O) groups excluding carboxylic acids is 1. The third kappa shape index (κ3) is 2.43. The van der Waals surface area contributed by atoms with Crippen molar-refractivity contribution in [2.45, 2.75) is 30.4 Å². The number of hydrogen-bond acceptors (Lipinski definition) is 4. The zero-order valence-electron chi connectivity index (χ0n) is 12.7. The van der Waals surface area contributed by atoms with E-state index in [1.54, 1.807) is 31.3 Å². The molecule has 1 aromatic carbocycles. The Morgan fingerprint density at radius 1 is 1.32 bits per heavy atom. The normalized spacial score (nSPS) is 28.5. The molecule has 0 spiro atoms. The molecule has 2 saturated heterocycles. The number of hydrogen-bond donors (Lipinski definition) is 1. The standard InChI is InChI=1S/C15H20N2O4S/c1-10-3-5-11(6-4-10)22(19,20)17-9-12(15(18)16-2)14-13(17)7-8-21-14/h3-6,12-14H,7-9H2,1-2H3,(H,16,18)/t12-,13+,14+/m0/s1. The minimum absolute atomic E-state index is 0.168. The van der Waals surface area contributed by atoms with Crippen molar-refractivity contribution >= 4 is 15.9 Å². The van der Waals surface area contributed by atoms with Crippen molar-refractivity contribution in [2.24, 2.45) is 5.92 Å². The van der Waals surface area contributed by atoms with Crippen molar-refractivity contribution in [3.8, 4) is 0 Å². The fraction of sp³-hybridized carbons (Fsp3) is 0.533. The van der Waals surface area contributed by atoms with E-state index in [2.05, 4.69) is 5.32 Å². The van der Waals surface area contributed by atoms with Crippen molar-refractivity contribution in [1.29, 1.82) is 0 Å². The summed E-state index contributed by atoms with van der Waals surface area (Å²) < 4.78 is 32.8. The van der Waals surface area contributed by atoms with Gasteiger partial charge in [0.2, 0.25) is 15.9 Å². The maximum atomic E-state index is 12.9. The highest BCUT2D eigenvalue weighted by molar-refractivity contribution is 7.89. The number of fused-ring (bicyclic) bond motifs is 1. The summed E-state index contributed by atoms with van der Waals surface area (Å²) in [4.78, 5) is 12.3. The van der Waals surface area contributed by atoms with Crippen molar-refractivity contribution in [2.75, 3.05) is 20.2 Å². The summed E-state index contributed by atoms with van der Waals surface area (Å²) in [6, 6.07) is 6.53. The second kappa shape index (κ2) is 5.64. The number of amides is 1. The lowest BCUT2D eigenvalue weighted by Gasteiger charge is -2.22. The van der Waals surface area contributed by atoms with Crippen molar-refractivity contribution in [3.05, 3.63) is 29.8 Å². The molecule has 3 atom stereocenters. The summed E-state index contributed by atoms with van der Waals surface area (Å²) in [5.41, 5.74) is 1.01. The largest absolute Gasteiger partial charge is 0.376 e. The average molecular weight is 324 g/mol. The number of nitrogens with one attached hydrogen (secondary N) is 1. The Labute approximate surface area is 130 Å². The van der Waals surface area contributed by atoms with Crippen LogP contribution in [0.15, 0.2) is 29.2 Å². The number of aryl methyl sites for hydroxylation is 1. The molecule has 7 heteroatoms. The third-order valence-electron chi connectivity index (χ3n) is 4.46. The van der Waals surface area contributed by atoms with E-state index in [4.69, 9.17) is 4.74 Å². The minimum atomic E-state index is -3.61. The number of carbonyl (C=O) groups is 1. The number of nitrogens with zero attached hydrogens (tertiary/aromatic N) is 1. The van der Waals surface area contributed by atoms with Crippen LogP contribution < -0.4 is 5.32 Å². The van der Waals surface area contributed by atoms with Crippen molar-refractivity contribution < 1.29 is 17.9 Å². The van der Waals surface area contributed by atoms with Crippen molar-refractivity contribution in [1.82, 2.24) is 9.62 Å². The van der Waals surface area contributed by atoms with E-state index in [-0.39, 0.29) is 29.5 Å². The van der Waals surface area contributed by atoms with Gasteiger partial charge in [-0.25, -0.2) is 8.42 Å². The van der Waals surface area contributed by atoms with Crippen LogP contribution in [0.5, 0.6) is 0 Å². The Kier molecular flexibility index (Phi) is 3.96. The van der Waals surface area contributed by atoms with Gasteiger partial charge in [0, 0.05) is 20.2 Å². The smallest absolute Gasteiger partial charge is 0.243 e. The maximum absolute atomic E-state index is 12.9. The highest BCUT2D eigenvalue weighted by Crippen LogP contribution is 2.37. The van der Waals surface area contributed by atoms with Gasteiger partial charge in [0.25, 0.3) is 0 Å². The third-order valence-corrected chi connectivity index (χ3v) is 6.36. The zero-order chi connectivity index (χ0) is 15.9. The molecule has 2 aliphatic heterocycles. The van der Waals surface area contributed by atoms with E-state index < -0.39 is 15.9 Å². The summed E-state index contributed by atoms with van der Waals surface area (Å²) in [6.45, 7) is 2.57. The van der Waals surface area contributed by atoms with Gasteiger partial charge in [-0.2, -0.15) is 4.31 Å². The molecular weight excluding hydrogens is 304 g/mol.